The second-order valence-electron chi connectivity index (χ2n) is 9.51. The van der Waals surface area contributed by atoms with Gasteiger partial charge in [-0.1, -0.05) is 51.7 Å². The summed E-state index contributed by atoms with van der Waals surface area (Å²) in [7, 11) is 0. The summed E-state index contributed by atoms with van der Waals surface area (Å²) < 4.78 is 10.6. The molecule has 0 aliphatic rings. The highest BCUT2D eigenvalue weighted by atomic mass is 32.2. The smallest absolute Gasteiger partial charge is 0.259 e. The van der Waals surface area contributed by atoms with Crippen molar-refractivity contribution in [2.45, 2.75) is 77.5 Å². The van der Waals surface area contributed by atoms with E-state index in [1.54, 1.807) is 11.9 Å². The van der Waals surface area contributed by atoms with Crippen molar-refractivity contribution in [1.82, 2.24) is 4.72 Å². The molecular weight excluding hydrogens is 466 g/mol. The van der Waals surface area contributed by atoms with E-state index in [1.165, 1.54) is 56.2 Å². The van der Waals surface area contributed by atoms with E-state index in [4.69, 9.17) is 4.74 Å². The minimum Gasteiger partial charge on any atom is -0.493 e. The lowest BCUT2D eigenvalue weighted by molar-refractivity contribution is -0.924. The van der Waals surface area contributed by atoms with Crippen LogP contribution in [-0.2, 0) is 0 Å². The molecule has 0 aromatic heterocycles. The molecule has 0 heterocycles. The van der Waals surface area contributed by atoms with Gasteiger partial charge >= 0.3 is 0 Å². The highest BCUT2D eigenvalue weighted by Crippen LogP contribution is 2.22. The Balaban J connectivity index is 1.82. The Morgan fingerprint density at radius 2 is 1.53 bits per heavy atom. The molecule has 2 rings (SSSR count). The molecule has 0 atom stereocenters. The third kappa shape index (κ3) is 10.5. The van der Waals surface area contributed by atoms with E-state index in [9.17, 15) is 4.79 Å². The normalized spacial score (nSPS) is 11.4. The Morgan fingerprint density at radius 3 is 2.22 bits per heavy atom. The van der Waals surface area contributed by atoms with E-state index in [-0.39, 0.29) is 5.91 Å². The number of amides is 1. The number of nitrogens with one attached hydrogen (secondary N) is 2. The number of ether oxygens (including phenoxy) is 1. The number of benzene rings is 2. The highest BCUT2D eigenvalue weighted by molar-refractivity contribution is 7.97. The van der Waals surface area contributed by atoms with Gasteiger partial charge in [-0.05, 0) is 81.5 Å². The molecule has 0 spiro atoms. The molecule has 36 heavy (non-hydrogen) atoms. The number of carbonyl (C=O) groups is 1. The van der Waals surface area contributed by atoms with Crippen LogP contribution in [0.1, 0.15) is 83.0 Å². The van der Waals surface area contributed by atoms with Crippen LogP contribution in [0, 0.1) is 0 Å². The van der Waals surface area contributed by atoms with Gasteiger partial charge in [0, 0.05) is 10.6 Å². The Kier molecular flexibility index (Phi) is 14.6. The molecule has 5 nitrogen and oxygen atoms in total. The Hall–Kier alpha value is -2.02. The largest absolute Gasteiger partial charge is 0.493 e. The summed E-state index contributed by atoms with van der Waals surface area (Å²) in [5.41, 5.74) is 1.35. The fraction of sp³-hybridized carbons (Fsp3) is 0.567. The van der Waals surface area contributed by atoms with Crippen LogP contribution in [-0.4, -0.2) is 49.7 Å². The monoisotopic (exact) mass is 514 g/mol. The van der Waals surface area contributed by atoms with Crippen LogP contribution < -0.4 is 14.8 Å². The van der Waals surface area contributed by atoms with Crippen LogP contribution in [0.2, 0.25) is 0 Å². The SMILES string of the molecule is CCCCCCOc1ccccc1C(=O)Nc1ccc(SNCC[N+](CC)(CC)CCCCC)cc1. The van der Waals surface area contributed by atoms with Crippen molar-refractivity contribution in [3.05, 3.63) is 54.1 Å². The lowest BCUT2D eigenvalue weighted by Crippen LogP contribution is -2.51. The van der Waals surface area contributed by atoms with Gasteiger partial charge in [0.2, 0.25) is 0 Å². The van der Waals surface area contributed by atoms with Gasteiger partial charge in [-0.3, -0.25) is 9.52 Å². The number of unbranched alkanes of at least 4 members (excludes halogenated alkanes) is 5. The van der Waals surface area contributed by atoms with Gasteiger partial charge in [0.1, 0.15) is 5.75 Å². The number of carbonyl (C=O) groups excluding carboxylic acids is 1. The maximum absolute atomic E-state index is 12.9. The summed E-state index contributed by atoms with van der Waals surface area (Å²) in [4.78, 5) is 14.0. The molecular formula is C30H48N3O2S+. The molecule has 0 aliphatic heterocycles. The van der Waals surface area contributed by atoms with Gasteiger partial charge in [0.05, 0.1) is 44.9 Å². The summed E-state index contributed by atoms with van der Waals surface area (Å²) in [6.45, 7) is 15.5. The molecule has 2 N–H and O–H groups in total. The average molecular weight is 515 g/mol. The Labute approximate surface area is 224 Å². The Morgan fingerprint density at radius 1 is 0.833 bits per heavy atom. The van der Waals surface area contributed by atoms with Crippen molar-refractivity contribution in [1.29, 1.82) is 0 Å². The highest BCUT2D eigenvalue weighted by Gasteiger charge is 2.21. The number of hydrogen-bond donors (Lipinski definition) is 2. The summed E-state index contributed by atoms with van der Waals surface area (Å²) in [5, 5.41) is 3.01. The minimum atomic E-state index is -0.144. The Bertz CT molecular complexity index is 869. The molecule has 6 heteroatoms. The molecule has 0 unspecified atom stereocenters. The van der Waals surface area contributed by atoms with Crippen molar-refractivity contribution in [2.24, 2.45) is 0 Å². The molecule has 2 aromatic rings. The van der Waals surface area contributed by atoms with Crippen LogP contribution >= 0.6 is 11.9 Å². The molecule has 0 saturated carbocycles. The number of rotatable bonds is 19. The van der Waals surface area contributed by atoms with Crippen LogP contribution in [0.3, 0.4) is 0 Å². The van der Waals surface area contributed by atoms with Crippen LogP contribution in [0.5, 0.6) is 5.75 Å². The molecule has 2 aromatic carbocycles. The lowest BCUT2D eigenvalue weighted by atomic mass is 10.1. The van der Waals surface area contributed by atoms with Crippen molar-refractivity contribution in [3.8, 4) is 5.75 Å². The fourth-order valence-corrected chi connectivity index (χ4v) is 5.01. The number of nitrogens with zero attached hydrogens (tertiary/aromatic N) is 1. The van der Waals surface area contributed by atoms with E-state index in [0.717, 1.165) is 36.5 Å². The molecule has 200 valence electrons. The average Bonchev–Trinajstić information content (AvgIpc) is 2.91. The van der Waals surface area contributed by atoms with Crippen LogP contribution in [0.25, 0.3) is 0 Å². The zero-order valence-corrected chi connectivity index (χ0v) is 23.8. The topological polar surface area (TPSA) is 50.4 Å². The van der Waals surface area contributed by atoms with E-state index >= 15 is 0 Å². The van der Waals surface area contributed by atoms with Crippen LogP contribution in [0.15, 0.2) is 53.4 Å². The fourth-order valence-electron chi connectivity index (χ4n) is 4.38. The van der Waals surface area contributed by atoms with Gasteiger partial charge in [0.25, 0.3) is 5.91 Å². The van der Waals surface area contributed by atoms with Crippen molar-refractivity contribution < 1.29 is 14.0 Å². The number of para-hydroxylation sites is 1. The van der Waals surface area contributed by atoms with Gasteiger partial charge in [-0.25, -0.2) is 0 Å². The summed E-state index contributed by atoms with van der Waals surface area (Å²) >= 11 is 1.66. The van der Waals surface area contributed by atoms with Gasteiger partial charge in [0.15, 0.2) is 0 Å². The summed E-state index contributed by atoms with van der Waals surface area (Å²) in [5.74, 6) is 0.500. The predicted octanol–water partition coefficient (Wildman–Crippen LogP) is 7.54. The number of hydrogen-bond acceptors (Lipinski definition) is 4. The lowest BCUT2D eigenvalue weighted by Gasteiger charge is -2.37. The zero-order chi connectivity index (χ0) is 26.1. The van der Waals surface area contributed by atoms with E-state index < -0.39 is 0 Å². The van der Waals surface area contributed by atoms with E-state index in [1.807, 2.05) is 48.5 Å². The van der Waals surface area contributed by atoms with Gasteiger partial charge in [-0.2, -0.15) is 0 Å². The summed E-state index contributed by atoms with van der Waals surface area (Å²) in [6, 6.07) is 15.5. The number of anilines is 1. The van der Waals surface area contributed by atoms with E-state index in [0.29, 0.717) is 17.9 Å². The zero-order valence-electron chi connectivity index (χ0n) is 23.0. The molecule has 0 radical (unpaired) electrons. The maximum Gasteiger partial charge on any atom is 0.259 e. The molecule has 0 bridgehead atoms. The first-order valence-corrected chi connectivity index (χ1v) is 14.8. The third-order valence-electron chi connectivity index (χ3n) is 6.96. The first-order chi connectivity index (χ1) is 17.6. The molecule has 0 fully saturated rings. The number of quaternary nitrogens is 1. The molecule has 0 aliphatic carbocycles. The number of likely N-dealkylation sites (N-methyl/N-ethyl adjacent to an activating group) is 1. The van der Waals surface area contributed by atoms with Gasteiger partial charge < -0.3 is 14.5 Å². The maximum atomic E-state index is 12.9. The first kappa shape index (κ1) is 30.2. The minimum absolute atomic E-state index is 0.144. The third-order valence-corrected chi connectivity index (χ3v) is 7.81. The standard InChI is InChI=1S/C30H47N3O2S/c1-5-9-11-15-25-35-29-17-13-12-16-28(29)30(34)32-26-18-20-27(21-19-26)36-31-22-24-33(7-3,8-4)23-14-10-6-2/h12-13,16-21,31H,5-11,14-15,22-25H2,1-4H3/p+1. The second-order valence-corrected chi connectivity index (χ2v) is 10.5. The van der Waals surface area contributed by atoms with Crippen molar-refractivity contribution >= 4 is 23.5 Å². The van der Waals surface area contributed by atoms with E-state index in [2.05, 4.69) is 37.7 Å². The van der Waals surface area contributed by atoms with Crippen LogP contribution in [0.4, 0.5) is 5.69 Å². The predicted molar refractivity (Wildman–Crippen MR) is 155 cm³/mol. The molecule has 0 saturated heterocycles. The molecule has 1 amide bonds. The summed E-state index contributed by atoms with van der Waals surface area (Å²) in [6.07, 6.45) is 8.48. The first-order valence-electron chi connectivity index (χ1n) is 14.0. The quantitative estimate of drug-likeness (QED) is 0.115. The van der Waals surface area contributed by atoms with Gasteiger partial charge in [-0.15, -0.1) is 0 Å². The second kappa shape index (κ2) is 17.4. The van der Waals surface area contributed by atoms with Crippen molar-refractivity contribution in [3.63, 3.8) is 0 Å². The van der Waals surface area contributed by atoms with Crippen molar-refractivity contribution in [2.75, 3.05) is 44.6 Å².